The zero-order valence-corrected chi connectivity index (χ0v) is 27.8. The Morgan fingerprint density at radius 3 is 2.29 bits per heavy atom. The van der Waals surface area contributed by atoms with Crippen molar-refractivity contribution in [3.63, 3.8) is 0 Å². The summed E-state index contributed by atoms with van der Waals surface area (Å²) in [4.78, 5) is 25.9. The Morgan fingerprint density at radius 2 is 1.67 bits per heavy atom. The first-order valence-corrected chi connectivity index (χ1v) is 16.3. The van der Waals surface area contributed by atoms with Crippen molar-refractivity contribution in [2.75, 3.05) is 62.8 Å². The smallest absolute Gasteiger partial charge is 0.350 e. The largest absolute Gasteiger partial charge is 0.491 e. The third kappa shape index (κ3) is 7.26. The average molecular weight is 654 g/mol. The lowest BCUT2D eigenvalue weighted by Gasteiger charge is -2.37. The number of hydrogen-bond acceptors (Lipinski definition) is 11. The third-order valence-corrected chi connectivity index (χ3v) is 8.78. The van der Waals surface area contributed by atoms with E-state index >= 15 is 0 Å². The number of rotatable bonds is 13. The Labute approximate surface area is 280 Å². The van der Waals surface area contributed by atoms with E-state index in [4.69, 9.17) is 14.2 Å². The Bertz CT molecular complexity index is 1720. The van der Waals surface area contributed by atoms with Crippen LogP contribution in [0.2, 0.25) is 0 Å². The highest BCUT2D eigenvalue weighted by molar-refractivity contribution is 5.69. The molecule has 4 heterocycles. The summed E-state index contributed by atoms with van der Waals surface area (Å²) in [5.41, 5.74) is 3.72. The van der Waals surface area contributed by atoms with Crippen molar-refractivity contribution in [3.05, 3.63) is 102 Å². The fourth-order valence-corrected chi connectivity index (χ4v) is 5.93. The van der Waals surface area contributed by atoms with Crippen molar-refractivity contribution in [1.82, 2.24) is 29.3 Å². The quantitative estimate of drug-likeness (QED) is 0.156. The van der Waals surface area contributed by atoms with E-state index in [0.29, 0.717) is 19.8 Å². The topological polar surface area (TPSA) is 115 Å². The van der Waals surface area contributed by atoms with Crippen LogP contribution >= 0.6 is 0 Å². The van der Waals surface area contributed by atoms with Gasteiger partial charge in [0.05, 0.1) is 24.9 Å². The third-order valence-electron chi connectivity index (χ3n) is 8.78. The van der Waals surface area contributed by atoms with Crippen LogP contribution in [0, 0.1) is 0 Å². The van der Waals surface area contributed by atoms with Crippen LogP contribution in [0.1, 0.15) is 31.9 Å². The SMILES string of the molecule is C=C/C=N\N(C)CC1(c2cncnc2)OCC(COc2ccc(N3CCN(c4ccc(-n5cnn(C(C)CC)c5=O)cc4)CC3)cc2)O1. The molecule has 0 aliphatic carbocycles. The molecule has 13 heteroatoms. The number of nitrogens with zero attached hydrogens (tertiary/aromatic N) is 9. The number of benzene rings is 2. The number of hydrazone groups is 1. The van der Waals surface area contributed by atoms with E-state index in [0.717, 1.165) is 61.0 Å². The molecule has 2 aromatic heterocycles. The van der Waals surface area contributed by atoms with Crippen molar-refractivity contribution in [1.29, 1.82) is 0 Å². The highest BCUT2D eigenvalue weighted by Crippen LogP contribution is 2.35. The van der Waals surface area contributed by atoms with Crippen molar-refractivity contribution in [2.24, 2.45) is 5.10 Å². The summed E-state index contributed by atoms with van der Waals surface area (Å²) in [7, 11) is 1.84. The highest BCUT2D eigenvalue weighted by Gasteiger charge is 2.45. The van der Waals surface area contributed by atoms with Crippen molar-refractivity contribution in [3.8, 4) is 11.4 Å². The number of hydrogen-bond donors (Lipinski definition) is 0. The summed E-state index contributed by atoms with van der Waals surface area (Å²) < 4.78 is 21.9. The van der Waals surface area contributed by atoms with Gasteiger partial charge in [-0.1, -0.05) is 13.5 Å². The minimum Gasteiger partial charge on any atom is -0.491 e. The monoisotopic (exact) mass is 653 g/mol. The molecule has 0 bridgehead atoms. The zero-order chi connectivity index (χ0) is 33.5. The Hall–Kier alpha value is -5.01. The lowest BCUT2D eigenvalue weighted by atomic mass is 10.1. The lowest BCUT2D eigenvalue weighted by molar-refractivity contribution is -0.190. The summed E-state index contributed by atoms with van der Waals surface area (Å²) in [6.45, 7) is 12.4. The second-order valence-corrected chi connectivity index (χ2v) is 12.0. The predicted octanol–water partition coefficient (Wildman–Crippen LogP) is 3.87. The van der Waals surface area contributed by atoms with Gasteiger partial charge in [0, 0.05) is 68.8 Å². The Balaban J connectivity index is 1.00. The molecule has 0 amide bonds. The minimum atomic E-state index is -1.06. The predicted molar refractivity (Wildman–Crippen MR) is 185 cm³/mol. The summed E-state index contributed by atoms with van der Waals surface area (Å²) >= 11 is 0. The van der Waals surface area contributed by atoms with Crippen LogP contribution in [0.4, 0.5) is 11.4 Å². The van der Waals surface area contributed by atoms with Crippen LogP contribution in [0.15, 0.2) is 96.1 Å². The van der Waals surface area contributed by atoms with Gasteiger partial charge in [-0.2, -0.15) is 10.2 Å². The molecule has 6 rings (SSSR count). The molecule has 0 spiro atoms. The van der Waals surface area contributed by atoms with Gasteiger partial charge < -0.3 is 24.0 Å². The zero-order valence-electron chi connectivity index (χ0n) is 27.8. The van der Waals surface area contributed by atoms with E-state index in [1.807, 2.05) is 45.2 Å². The maximum Gasteiger partial charge on any atom is 0.350 e. The number of anilines is 2. The molecule has 252 valence electrons. The van der Waals surface area contributed by atoms with Gasteiger partial charge in [-0.25, -0.2) is 24.0 Å². The van der Waals surface area contributed by atoms with Crippen LogP contribution in [0.25, 0.3) is 5.69 Å². The molecular weight excluding hydrogens is 610 g/mol. The van der Waals surface area contributed by atoms with Crippen LogP contribution in [-0.4, -0.2) is 94.6 Å². The number of piperazine rings is 1. The molecule has 2 saturated heterocycles. The number of likely N-dealkylation sites (N-methyl/N-ethyl adjacent to an activating group) is 1. The van der Waals surface area contributed by atoms with Crippen molar-refractivity contribution < 1.29 is 14.2 Å². The van der Waals surface area contributed by atoms with E-state index in [1.54, 1.807) is 45.3 Å². The van der Waals surface area contributed by atoms with Gasteiger partial charge in [0.15, 0.2) is 0 Å². The second kappa shape index (κ2) is 14.8. The summed E-state index contributed by atoms with van der Waals surface area (Å²) in [5.74, 6) is -0.295. The Morgan fingerprint density at radius 1 is 1.04 bits per heavy atom. The summed E-state index contributed by atoms with van der Waals surface area (Å²) in [6.07, 6.45) is 10.3. The standard InChI is InChI=1S/C35H43N9O4/c1-5-15-38-40(4)24-35(28-20-36-25-37-21-28)47-23-33(48-35)22-46-32-13-11-30(12-14-32)42-18-16-41(17-19-42)29-7-9-31(10-8-29)43-26-39-44(34(43)45)27(3)6-2/h5,7-15,20-21,25-27,33H,1,6,16-19,22-24H2,2-4H3/b38-15-. The first kappa shape index (κ1) is 32.9. The number of ether oxygens (including phenoxy) is 3. The number of allylic oxidation sites excluding steroid dienone is 1. The van der Waals surface area contributed by atoms with E-state index < -0.39 is 5.79 Å². The molecular formula is C35H43N9O4. The molecule has 4 aromatic rings. The van der Waals surface area contributed by atoms with Crippen molar-refractivity contribution >= 4 is 17.6 Å². The molecule has 0 radical (unpaired) electrons. The maximum absolute atomic E-state index is 12.8. The second-order valence-electron chi connectivity index (χ2n) is 12.0. The molecule has 0 N–H and O–H groups in total. The van der Waals surface area contributed by atoms with Gasteiger partial charge in [-0.15, -0.1) is 0 Å². The highest BCUT2D eigenvalue weighted by atomic mass is 16.8. The van der Waals surface area contributed by atoms with Gasteiger partial charge in [-0.3, -0.25) is 5.01 Å². The molecule has 3 atom stereocenters. The molecule has 13 nitrogen and oxygen atoms in total. The van der Waals surface area contributed by atoms with E-state index in [1.165, 1.54) is 6.33 Å². The van der Waals surface area contributed by atoms with E-state index in [2.05, 4.69) is 60.8 Å². The normalized spacial score (nSPS) is 20.3. The minimum absolute atomic E-state index is 0.0682. The first-order chi connectivity index (χ1) is 23.4. The van der Waals surface area contributed by atoms with E-state index in [9.17, 15) is 4.79 Å². The summed E-state index contributed by atoms with van der Waals surface area (Å²) in [5, 5.41) is 10.4. The van der Waals surface area contributed by atoms with Gasteiger partial charge >= 0.3 is 5.69 Å². The van der Waals surface area contributed by atoms with Gasteiger partial charge in [0.1, 0.15) is 31.1 Å². The van der Waals surface area contributed by atoms with Crippen molar-refractivity contribution in [2.45, 2.75) is 38.2 Å². The Kier molecular flexibility index (Phi) is 10.2. The van der Waals surface area contributed by atoms with Crippen LogP contribution < -0.4 is 20.2 Å². The van der Waals surface area contributed by atoms with Crippen LogP contribution in [0.3, 0.4) is 0 Å². The summed E-state index contributed by atoms with van der Waals surface area (Å²) in [6, 6.07) is 16.4. The molecule has 2 aromatic carbocycles. The molecule has 2 fully saturated rings. The number of aromatic nitrogens is 5. The molecule has 2 aliphatic heterocycles. The average Bonchev–Trinajstić information content (AvgIpc) is 3.74. The van der Waals surface area contributed by atoms with Gasteiger partial charge in [0.2, 0.25) is 5.79 Å². The fourth-order valence-electron chi connectivity index (χ4n) is 5.93. The lowest BCUT2D eigenvalue weighted by Crippen LogP contribution is -2.46. The van der Waals surface area contributed by atoms with Crippen LogP contribution in [0.5, 0.6) is 5.75 Å². The van der Waals surface area contributed by atoms with Gasteiger partial charge in [-0.05, 0) is 68.0 Å². The molecule has 3 unspecified atom stereocenters. The van der Waals surface area contributed by atoms with E-state index in [-0.39, 0.29) is 17.8 Å². The van der Waals surface area contributed by atoms with Gasteiger partial charge in [0.25, 0.3) is 0 Å². The molecule has 2 aliphatic rings. The maximum atomic E-state index is 12.8. The fraction of sp³-hybridized carbons (Fsp3) is 0.400. The molecule has 0 saturated carbocycles. The first-order valence-electron chi connectivity index (χ1n) is 16.3. The van der Waals surface area contributed by atoms with Crippen LogP contribution in [-0.2, 0) is 15.3 Å². The molecule has 48 heavy (non-hydrogen) atoms.